The van der Waals surface area contributed by atoms with E-state index in [1.165, 1.54) is 12.8 Å². The minimum Gasteiger partial charge on any atom is -0.336 e. The van der Waals surface area contributed by atoms with Crippen LogP contribution < -0.4 is 5.32 Å². The minimum atomic E-state index is 0.0854. The second kappa shape index (κ2) is 8.70. The zero-order valence-corrected chi connectivity index (χ0v) is 18.7. The van der Waals surface area contributed by atoms with Crippen molar-refractivity contribution in [2.24, 2.45) is 5.92 Å². The average molecular weight is 432 g/mol. The summed E-state index contributed by atoms with van der Waals surface area (Å²) in [5.41, 5.74) is 3.42. The van der Waals surface area contributed by atoms with Gasteiger partial charge in [0.1, 0.15) is 5.82 Å². The van der Waals surface area contributed by atoms with E-state index in [-0.39, 0.29) is 5.91 Å². The third-order valence-electron chi connectivity index (χ3n) is 6.29. The molecule has 1 saturated heterocycles. The lowest BCUT2D eigenvalue weighted by atomic mass is 10.1. The summed E-state index contributed by atoms with van der Waals surface area (Å²) in [4.78, 5) is 30.5. The summed E-state index contributed by atoms with van der Waals surface area (Å²) in [6.45, 7) is 6.41. The van der Waals surface area contributed by atoms with E-state index < -0.39 is 0 Å². The molecule has 32 heavy (non-hydrogen) atoms. The summed E-state index contributed by atoms with van der Waals surface area (Å²) in [5, 5.41) is 3.26. The van der Waals surface area contributed by atoms with Crippen LogP contribution in [-0.2, 0) is 6.54 Å². The summed E-state index contributed by atoms with van der Waals surface area (Å²) in [6, 6.07) is 9.45. The van der Waals surface area contributed by atoms with Crippen molar-refractivity contribution >= 4 is 17.5 Å². The Hall–Kier alpha value is -3.26. The van der Waals surface area contributed by atoms with Crippen molar-refractivity contribution in [3.05, 3.63) is 54.1 Å². The van der Waals surface area contributed by atoms with Crippen LogP contribution in [0.2, 0.25) is 0 Å². The molecule has 0 atom stereocenters. The molecule has 1 amide bonds. The van der Waals surface area contributed by atoms with Gasteiger partial charge in [0.15, 0.2) is 0 Å². The first-order valence-corrected chi connectivity index (χ1v) is 11.3. The number of imidazole rings is 1. The summed E-state index contributed by atoms with van der Waals surface area (Å²) < 4.78 is 2.25. The Morgan fingerprint density at radius 3 is 2.53 bits per heavy atom. The number of aromatic nitrogens is 4. The van der Waals surface area contributed by atoms with Crippen LogP contribution in [0.15, 0.2) is 42.7 Å². The molecule has 1 aliphatic heterocycles. The Labute approximate surface area is 188 Å². The molecule has 3 aromatic rings. The van der Waals surface area contributed by atoms with Crippen LogP contribution in [0.1, 0.15) is 29.0 Å². The third kappa shape index (κ3) is 4.50. The fraction of sp³-hybridized carbons (Fsp3) is 0.417. The highest BCUT2D eigenvalue weighted by Crippen LogP contribution is 2.33. The molecule has 0 radical (unpaired) electrons. The van der Waals surface area contributed by atoms with Crippen LogP contribution in [0.25, 0.3) is 11.4 Å². The van der Waals surface area contributed by atoms with Crippen molar-refractivity contribution in [3.63, 3.8) is 0 Å². The van der Waals surface area contributed by atoms with Gasteiger partial charge in [-0.1, -0.05) is 0 Å². The molecule has 166 valence electrons. The van der Waals surface area contributed by atoms with Gasteiger partial charge in [-0.2, -0.15) is 0 Å². The van der Waals surface area contributed by atoms with E-state index in [1.54, 1.807) is 6.20 Å². The molecule has 1 N–H and O–H groups in total. The molecule has 2 aliphatic rings. The smallest absolute Gasteiger partial charge is 0.253 e. The highest BCUT2D eigenvalue weighted by atomic mass is 16.2. The number of carbonyl (C=O) groups is 1. The highest BCUT2D eigenvalue weighted by molar-refractivity contribution is 5.94. The van der Waals surface area contributed by atoms with Gasteiger partial charge in [-0.15, -0.1) is 0 Å². The zero-order chi connectivity index (χ0) is 22.1. The van der Waals surface area contributed by atoms with Gasteiger partial charge < -0.3 is 19.7 Å². The number of amides is 1. The molecule has 0 spiro atoms. The van der Waals surface area contributed by atoms with Gasteiger partial charge in [0.05, 0.1) is 17.6 Å². The molecule has 1 aromatic carbocycles. The number of hydrogen-bond acceptors (Lipinski definition) is 6. The molecule has 3 heterocycles. The van der Waals surface area contributed by atoms with E-state index in [4.69, 9.17) is 4.98 Å². The normalized spacial score (nSPS) is 16.9. The first-order valence-electron chi connectivity index (χ1n) is 11.3. The van der Waals surface area contributed by atoms with Crippen molar-refractivity contribution < 1.29 is 4.79 Å². The maximum absolute atomic E-state index is 12.7. The Morgan fingerprint density at radius 2 is 1.81 bits per heavy atom. The molecule has 0 bridgehead atoms. The number of carbonyl (C=O) groups excluding carboxylic acids is 1. The highest BCUT2D eigenvalue weighted by Gasteiger charge is 2.24. The number of piperazine rings is 1. The van der Waals surface area contributed by atoms with Crippen LogP contribution in [0, 0.1) is 12.8 Å². The van der Waals surface area contributed by atoms with E-state index in [1.807, 2.05) is 48.4 Å². The molecular formula is C24H29N7O. The van der Waals surface area contributed by atoms with Gasteiger partial charge in [0.25, 0.3) is 5.91 Å². The first kappa shape index (κ1) is 20.6. The number of aryl methyl sites for hydroxylation is 1. The lowest BCUT2D eigenvalue weighted by Gasteiger charge is -2.32. The molecule has 1 aliphatic carbocycles. The van der Waals surface area contributed by atoms with E-state index in [9.17, 15) is 4.79 Å². The standard InChI is InChI=1S/C24H29N7O/c1-17-26-15-22(31(17)16-18-3-4-18)21-9-10-25-24(28-21)27-20-7-5-19(6-8-20)23(32)30-13-11-29(2)12-14-30/h5-10,15,18H,3-4,11-14,16H2,1-2H3,(H,25,27,28). The quantitative estimate of drug-likeness (QED) is 0.646. The monoisotopic (exact) mass is 431 g/mol. The summed E-state index contributed by atoms with van der Waals surface area (Å²) >= 11 is 0. The molecule has 0 unspecified atom stereocenters. The molecule has 1 saturated carbocycles. The first-order chi connectivity index (χ1) is 15.6. The molecule has 5 rings (SSSR count). The number of nitrogens with zero attached hydrogens (tertiary/aromatic N) is 6. The van der Waals surface area contributed by atoms with Crippen LogP contribution in [0.3, 0.4) is 0 Å². The molecule has 8 nitrogen and oxygen atoms in total. The minimum absolute atomic E-state index is 0.0854. The van der Waals surface area contributed by atoms with Crippen LogP contribution in [0.4, 0.5) is 11.6 Å². The summed E-state index contributed by atoms with van der Waals surface area (Å²) in [5.74, 6) is 2.38. The fourth-order valence-electron chi connectivity index (χ4n) is 4.04. The second-order valence-corrected chi connectivity index (χ2v) is 8.81. The van der Waals surface area contributed by atoms with Crippen molar-refractivity contribution in [2.75, 3.05) is 38.5 Å². The van der Waals surface area contributed by atoms with Crippen LogP contribution in [0.5, 0.6) is 0 Å². The number of rotatable bonds is 6. The van der Waals surface area contributed by atoms with Crippen molar-refractivity contribution in [1.29, 1.82) is 0 Å². The summed E-state index contributed by atoms with van der Waals surface area (Å²) in [6.07, 6.45) is 6.24. The Kier molecular flexibility index (Phi) is 5.61. The van der Waals surface area contributed by atoms with Gasteiger partial charge in [-0.05, 0) is 63.1 Å². The third-order valence-corrected chi connectivity index (χ3v) is 6.29. The lowest BCUT2D eigenvalue weighted by Crippen LogP contribution is -2.47. The Balaban J connectivity index is 1.28. The molecular weight excluding hydrogens is 402 g/mol. The van der Waals surface area contributed by atoms with E-state index in [2.05, 4.69) is 31.8 Å². The molecule has 2 aromatic heterocycles. The van der Waals surface area contributed by atoms with Gasteiger partial charge in [0, 0.05) is 50.2 Å². The van der Waals surface area contributed by atoms with Gasteiger partial charge in [-0.25, -0.2) is 15.0 Å². The number of nitrogens with one attached hydrogen (secondary N) is 1. The lowest BCUT2D eigenvalue weighted by molar-refractivity contribution is 0.0664. The SMILES string of the molecule is Cc1ncc(-c2ccnc(Nc3ccc(C(=O)N4CCN(C)CC4)cc3)n2)n1CC1CC1. The van der Waals surface area contributed by atoms with E-state index >= 15 is 0 Å². The predicted octanol–water partition coefficient (Wildman–Crippen LogP) is 3.19. The van der Waals surface area contributed by atoms with Gasteiger partial charge >= 0.3 is 0 Å². The molecule has 2 fully saturated rings. The zero-order valence-electron chi connectivity index (χ0n) is 18.7. The fourth-order valence-corrected chi connectivity index (χ4v) is 4.04. The number of likely N-dealkylation sites (N-methyl/N-ethyl adjacent to an activating group) is 1. The topological polar surface area (TPSA) is 79.2 Å². The average Bonchev–Trinajstić information content (AvgIpc) is 3.56. The van der Waals surface area contributed by atoms with Crippen molar-refractivity contribution in [3.8, 4) is 11.4 Å². The van der Waals surface area contributed by atoms with E-state index in [0.29, 0.717) is 11.5 Å². The van der Waals surface area contributed by atoms with Crippen molar-refractivity contribution in [2.45, 2.75) is 26.3 Å². The number of anilines is 2. The van der Waals surface area contributed by atoms with Crippen LogP contribution >= 0.6 is 0 Å². The molecule has 8 heteroatoms. The predicted molar refractivity (Wildman–Crippen MR) is 124 cm³/mol. The van der Waals surface area contributed by atoms with Crippen molar-refractivity contribution in [1.82, 2.24) is 29.3 Å². The maximum atomic E-state index is 12.7. The summed E-state index contributed by atoms with van der Waals surface area (Å²) in [7, 11) is 2.08. The largest absolute Gasteiger partial charge is 0.336 e. The number of hydrogen-bond donors (Lipinski definition) is 1. The number of benzene rings is 1. The van der Waals surface area contributed by atoms with E-state index in [0.717, 1.165) is 61.5 Å². The Morgan fingerprint density at radius 1 is 1.06 bits per heavy atom. The van der Waals surface area contributed by atoms with Gasteiger partial charge in [-0.3, -0.25) is 4.79 Å². The maximum Gasteiger partial charge on any atom is 0.253 e. The Bertz CT molecular complexity index is 1100. The second-order valence-electron chi connectivity index (χ2n) is 8.81. The van der Waals surface area contributed by atoms with Crippen LogP contribution in [-0.4, -0.2) is 68.5 Å². The van der Waals surface area contributed by atoms with Gasteiger partial charge in [0.2, 0.25) is 5.95 Å².